The SMILES string of the molecule is CC(C)(C)c1ccc(OCCCC(=O)N2CCCN(C(=O)c3ccco3)CC2)cc1. The summed E-state index contributed by atoms with van der Waals surface area (Å²) in [7, 11) is 0. The second-order valence-electron chi connectivity index (χ2n) is 8.73. The van der Waals surface area contributed by atoms with Crippen LogP contribution < -0.4 is 4.74 Å². The number of rotatable bonds is 6. The molecule has 2 aromatic rings. The lowest BCUT2D eigenvalue weighted by Gasteiger charge is -2.22. The molecule has 0 saturated carbocycles. The van der Waals surface area contributed by atoms with Gasteiger partial charge in [0.05, 0.1) is 12.9 Å². The van der Waals surface area contributed by atoms with Gasteiger partial charge in [-0.1, -0.05) is 32.9 Å². The van der Waals surface area contributed by atoms with Gasteiger partial charge in [-0.2, -0.15) is 0 Å². The number of amides is 2. The van der Waals surface area contributed by atoms with E-state index in [9.17, 15) is 9.59 Å². The summed E-state index contributed by atoms with van der Waals surface area (Å²) < 4.78 is 11.0. The molecule has 2 heterocycles. The molecule has 0 N–H and O–H groups in total. The topological polar surface area (TPSA) is 63.0 Å². The molecule has 2 amide bonds. The number of hydrogen-bond donors (Lipinski definition) is 0. The number of benzene rings is 1. The molecule has 1 aromatic heterocycles. The third-order valence-electron chi connectivity index (χ3n) is 5.39. The van der Waals surface area contributed by atoms with E-state index in [-0.39, 0.29) is 17.2 Å². The van der Waals surface area contributed by atoms with E-state index in [1.165, 1.54) is 11.8 Å². The van der Waals surface area contributed by atoms with E-state index in [1.54, 1.807) is 17.0 Å². The van der Waals surface area contributed by atoms with E-state index in [4.69, 9.17) is 9.15 Å². The van der Waals surface area contributed by atoms with E-state index in [0.29, 0.717) is 51.4 Å². The Balaban J connectivity index is 1.39. The summed E-state index contributed by atoms with van der Waals surface area (Å²) in [5.74, 6) is 1.19. The van der Waals surface area contributed by atoms with Crippen molar-refractivity contribution in [3.8, 4) is 5.75 Å². The predicted octanol–water partition coefficient (Wildman–Crippen LogP) is 4.11. The lowest BCUT2D eigenvalue weighted by molar-refractivity contribution is -0.131. The Kier molecular flexibility index (Phi) is 7.19. The highest BCUT2D eigenvalue weighted by molar-refractivity contribution is 5.91. The van der Waals surface area contributed by atoms with Crippen LogP contribution in [0.3, 0.4) is 0 Å². The standard InChI is InChI=1S/C24H32N2O4/c1-24(2,3)19-9-11-20(12-10-19)29-17-5-8-22(27)25-13-6-14-26(16-15-25)23(28)21-7-4-18-30-21/h4,7,9-12,18H,5-6,8,13-17H2,1-3H3. The van der Waals surface area contributed by atoms with Crippen LogP contribution in [0, 0.1) is 0 Å². The molecule has 162 valence electrons. The molecular weight excluding hydrogens is 380 g/mol. The fourth-order valence-electron chi connectivity index (χ4n) is 3.55. The van der Waals surface area contributed by atoms with Gasteiger partial charge in [-0.3, -0.25) is 9.59 Å². The highest BCUT2D eigenvalue weighted by Crippen LogP contribution is 2.24. The Hall–Kier alpha value is -2.76. The first-order chi connectivity index (χ1) is 14.3. The molecule has 6 heteroatoms. The van der Waals surface area contributed by atoms with Gasteiger partial charge in [-0.05, 0) is 48.1 Å². The van der Waals surface area contributed by atoms with E-state index >= 15 is 0 Å². The maximum Gasteiger partial charge on any atom is 0.289 e. The van der Waals surface area contributed by atoms with Crippen molar-refractivity contribution in [3.05, 3.63) is 54.0 Å². The predicted molar refractivity (Wildman–Crippen MR) is 116 cm³/mol. The average molecular weight is 413 g/mol. The van der Waals surface area contributed by atoms with Crippen LogP contribution in [0.2, 0.25) is 0 Å². The Morgan fingerprint density at radius 2 is 1.70 bits per heavy atom. The average Bonchev–Trinajstić information content (AvgIpc) is 3.14. The van der Waals surface area contributed by atoms with Crippen LogP contribution >= 0.6 is 0 Å². The third-order valence-corrected chi connectivity index (χ3v) is 5.39. The Labute approximate surface area is 178 Å². The molecule has 0 radical (unpaired) electrons. The second-order valence-corrected chi connectivity index (χ2v) is 8.73. The molecule has 1 aromatic carbocycles. The zero-order valence-electron chi connectivity index (χ0n) is 18.2. The van der Waals surface area contributed by atoms with Gasteiger partial charge in [0, 0.05) is 32.6 Å². The van der Waals surface area contributed by atoms with Gasteiger partial charge >= 0.3 is 0 Å². The normalized spacial score (nSPS) is 15.0. The number of hydrogen-bond acceptors (Lipinski definition) is 4. The highest BCUT2D eigenvalue weighted by Gasteiger charge is 2.23. The maximum atomic E-state index is 12.6. The summed E-state index contributed by atoms with van der Waals surface area (Å²) in [5.41, 5.74) is 1.39. The molecule has 0 aliphatic carbocycles. The fraction of sp³-hybridized carbons (Fsp3) is 0.500. The molecule has 0 atom stereocenters. The highest BCUT2D eigenvalue weighted by atomic mass is 16.5. The van der Waals surface area contributed by atoms with E-state index < -0.39 is 0 Å². The molecule has 30 heavy (non-hydrogen) atoms. The van der Waals surface area contributed by atoms with Crippen LogP contribution in [-0.2, 0) is 10.2 Å². The van der Waals surface area contributed by atoms with Crippen LogP contribution in [-0.4, -0.2) is 54.4 Å². The summed E-state index contributed by atoms with van der Waals surface area (Å²) in [6.45, 7) is 9.46. The van der Waals surface area contributed by atoms with Gasteiger partial charge in [0.1, 0.15) is 5.75 Å². The quantitative estimate of drug-likeness (QED) is 0.670. The Bertz CT molecular complexity index is 822. The molecule has 0 unspecified atom stereocenters. The van der Waals surface area contributed by atoms with Gasteiger partial charge in [-0.25, -0.2) is 0 Å². The largest absolute Gasteiger partial charge is 0.494 e. The second kappa shape index (κ2) is 9.83. The van der Waals surface area contributed by atoms with Crippen molar-refractivity contribution in [2.75, 3.05) is 32.8 Å². The van der Waals surface area contributed by atoms with Gasteiger partial charge in [-0.15, -0.1) is 0 Å². The van der Waals surface area contributed by atoms with Gasteiger partial charge in [0.15, 0.2) is 5.76 Å². The number of carbonyl (C=O) groups excluding carboxylic acids is 2. The van der Waals surface area contributed by atoms with E-state index in [1.807, 2.05) is 17.0 Å². The van der Waals surface area contributed by atoms with Gasteiger partial charge < -0.3 is 19.0 Å². The number of furan rings is 1. The van der Waals surface area contributed by atoms with Crippen molar-refractivity contribution in [2.45, 2.75) is 45.4 Å². The molecule has 1 aliphatic heterocycles. The van der Waals surface area contributed by atoms with E-state index in [2.05, 4.69) is 32.9 Å². The van der Waals surface area contributed by atoms with Crippen molar-refractivity contribution in [3.63, 3.8) is 0 Å². The summed E-state index contributed by atoms with van der Waals surface area (Å²) in [6, 6.07) is 11.5. The molecule has 3 rings (SSSR count). The smallest absolute Gasteiger partial charge is 0.289 e. The molecule has 6 nitrogen and oxygen atoms in total. The van der Waals surface area contributed by atoms with Crippen molar-refractivity contribution >= 4 is 11.8 Å². The van der Waals surface area contributed by atoms with Crippen LogP contribution in [0.5, 0.6) is 5.75 Å². The summed E-state index contributed by atoms with van der Waals surface area (Å²) in [5, 5.41) is 0. The molecule has 1 fully saturated rings. The molecule has 1 saturated heterocycles. The molecule has 0 spiro atoms. The van der Waals surface area contributed by atoms with Crippen molar-refractivity contribution < 1.29 is 18.7 Å². The van der Waals surface area contributed by atoms with Crippen LogP contribution in [0.15, 0.2) is 47.1 Å². The van der Waals surface area contributed by atoms with Crippen LogP contribution in [0.4, 0.5) is 0 Å². The van der Waals surface area contributed by atoms with Crippen LogP contribution in [0.25, 0.3) is 0 Å². The summed E-state index contributed by atoms with van der Waals surface area (Å²) in [6.07, 6.45) is 3.40. The maximum absolute atomic E-state index is 12.6. The first-order valence-electron chi connectivity index (χ1n) is 10.7. The van der Waals surface area contributed by atoms with Crippen molar-refractivity contribution in [1.29, 1.82) is 0 Å². The Morgan fingerprint density at radius 3 is 2.37 bits per heavy atom. The third kappa shape index (κ3) is 5.88. The molecule has 1 aliphatic rings. The summed E-state index contributed by atoms with van der Waals surface area (Å²) in [4.78, 5) is 28.6. The lowest BCUT2D eigenvalue weighted by atomic mass is 9.87. The minimum Gasteiger partial charge on any atom is -0.494 e. The fourth-order valence-corrected chi connectivity index (χ4v) is 3.55. The zero-order valence-corrected chi connectivity index (χ0v) is 18.2. The monoisotopic (exact) mass is 412 g/mol. The first kappa shape index (κ1) is 21.9. The van der Waals surface area contributed by atoms with Gasteiger partial charge in [0.25, 0.3) is 5.91 Å². The Morgan fingerprint density at radius 1 is 1.00 bits per heavy atom. The number of carbonyl (C=O) groups is 2. The number of ether oxygens (including phenoxy) is 1. The first-order valence-corrected chi connectivity index (χ1v) is 10.7. The lowest BCUT2D eigenvalue weighted by Crippen LogP contribution is -2.37. The van der Waals surface area contributed by atoms with E-state index in [0.717, 1.165) is 12.2 Å². The van der Waals surface area contributed by atoms with Gasteiger partial charge in [0.2, 0.25) is 5.91 Å². The van der Waals surface area contributed by atoms with Crippen molar-refractivity contribution in [1.82, 2.24) is 9.80 Å². The summed E-state index contributed by atoms with van der Waals surface area (Å²) >= 11 is 0. The minimum absolute atomic E-state index is 0.111. The van der Waals surface area contributed by atoms with Crippen molar-refractivity contribution in [2.24, 2.45) is 0 Å². The zero-order chi connectivity index (χ0) is 21.6. The van der Waals surface area contributed by atoms with Crippen LogP contribution in [0.1, 0.15) is 56.2 Å². The molecular formula is C24H32N2O4. The minimum atomic E-state index is -0.111. The number of nitrogens with zero attached hydrogens (tertiary/aromatic N) is 2. The molecule has 0 bridgehead atoms.